The van der Waals surface area contributed by atoms with Crippen molar-refractivity contribution in [1.82, 2.24) is 5.32 Å². The molecule has 0 aliphatic carbocycles. The van der Waals surface area contributed by atoms with Crippen molar-refractivity contribution in [2.45, 2.75) is 251 Å². The van der Waals surface area contributed by atoms with Gasteiger partial charge in [-0.15, -0.1) is 0 Å². The van der Waals surface area contributed by atoms with E-state index in [9.17, 15) is 19.0 Å². The molecule has 0 heterocycles. The van der Waals surface area contributed by atoms with E-state index in [1.807, 2.05) is 33.3 Å². The Hall–Kier alpha value is -3.07. The summed E-state index contributed by atoms with van der Waals surface area (Å²) in [5.74, 6) is -0.596. The van der Waals surface area contributed by atoms with Crippen LogP contribution in [-0.2, 0) is 27.9 Å². The Morgan fingerprint density at radius 3 is 1.47 bits per heavy atom. The molecule has 73 heavy (non-hydrogen) atoms. The van der Waals surface area contributed by atoms with E-state index in [1.54, 1.807) is 0 Å². The van der Waals surface area contributed by atoms with Crippen LogP contribution in [0.1, 0.15) is 239 Å². The summed E-state index contributed by atoms with van der Waals surface area (Å²) in [5.41, 5.74) is 0. The lowest BCUT2D eigenvalue weighted by Gasteiger charge is -2.30. The van der Waals surface area contributed by atoms with E-state index >= 15 is 0 Å². The molecule has 0 aromatic heterocycles. The van der Waals surface area contributed by atoms with Gasteiger partial charge in [0.15, 0.2) is 0 Å². The molecule has 1 N–H and O–H groups in total. The van der Waals surface area contributed by atoms with Gasteiger partial charge in [0.2, 0.25) is 5.91 Å². The number of hydrogen-bond donors (Lipinski definition) is 1. The number of carbonyl (C=O) groups excluding carboxylic acids is 2. The van der Waals surface area contributed by atoms with Crippen LogP contribution in [0.3, 0.4) is 0 Å². The van der Waals surface area contributed by atoms with Gasteiger partial charge in [-0.25, -0.2) is 0 Å². The van der Waals surface area contributed by atoms with Crippen LogP contribution in [0.4, 0.5) is 0 Å². The minimum absolute atomic E-state index is 0.0355. The topological polar surface area (TPSA) is 114 Å². The lowest BCUT2D eigenvalue weighted by Crippen LogP contribution is -2.47. The Kier molecular flexibility index (Phi) is 50.2. The number of phosphoric acid groups is 1. The fraction of sp³-hybridized carbons (Fsp3) is 0.714. The highest BCUT2D eigenvalue weighted by atomic mass is 31.2. The molecule has 0 radical (unpaired) electrons. The van der Waals surface area contributed by atoms with Crippen LogP contribution in [0.15, 0.2) is 97.2 Å². The summed E-state index contributed by atoms with van der Waals surface area (Å²) in [6, 6.07) is -0.915. The van der Waals surface area contributed by atoms with Gasteiger partial charge in [0.05, 0.1) is 33.8 Å². The molecule has 0 aliphatic heterocycles. The van der Waals surface area contributed by atoms with E-state index in [1.165, 1.54) is 103 Å². The van der Waals surface area contributed by atoms with Crippen LogP contribution in [-0.4, -0.2) is 69.4 Å². The standard InChI is InChI=1S/C63H111N2O7P/c1-7-10-13-16-19-22-25-28-30-31-32-33-35-37-40-43-46-49-52-55-62(66)64-60(59-71-73(68,69)70-58-57-65(4,5)6)61(54-51-48-45-42-39-36-27-24-21-18-15-12-9-3)72-63(67)56-53-50-47-44-41-38-34-29-26-23-20-17-14-11-8-2/h11,14,17,19-20,22-23,26,28,30,32-33,37,40,51,54,60-61H,7-10,12-13,15-16,18,21,24-25,27,29,31,34-36,38-39,41-50,52-53,55-59H2,1-6H3,(H-,64,66,68,69)/b14-11+,20-17+,22-19-,26-23+,30-28-,33-32-,40-37-,54-51-. The summed E-state index contributed by atoms with van der Waals surface area (Å²) in [6.45, 7) is 6.64. The molecule has 0 aromatic carbocycles. The van der Waals surface area contributed by atoms with Gasteiger partial charge < -0.3 is 28.5 Å². The molecule has 0 aliphatic rings. The summed E-state index contributed by atoms with van der Waals surface area (Å²) >= 11 is 0. The van der Waals surface area contributed by atoms with Crippen LogP contribution < -0.4 is 10.2 Å². The molecule has 1 amide bonds. The number of phosphoric ester groups is 1. The number of unbranched alkanes of at least 4 members (excludes halogenated alkanes) is 24. The number of carbonyl (C=O) groups is 2. The number of esters is 1. The fourth-order valence-electron chi connectivity index (χ4n) is 7.97. The van der Waals surface area contributed by atoms with Gasteiger partial charge >= 0.3 is 5.97 Å². The van der Waals surface area contributed by atoms with Crippen LogP contribution >= 0.6 is 7.82 Å². The summed E-state index contributed by atoms with van der Waals surface area (Å²) in [7, 11) is 1.14. The van der Waals surface area contributed by atoms with Crippen molar-refractivity contribution in [3.05, 3.63) is 97.2 Å². The van der Waals surface area contributed by atoms with Crippen molar-refractivity contribution in [2.24, 2.45) is 0 Å². The number of rotatable bonds is 52. The van der Waals surface area contributed by atoms with Gasteiger partial charge in [0.25, 0.3) is 7.82 Å². The average Bonchev–Trinajstić information content (AvgIpc) is 3.35. The number of quaternary nitrogens is 1. The predicted octanol–water partition coefficient (Wildman–Crippen LogP) is 17.4. The number of allylic oxidation sites excluding steroid dienone is 15. The summed E-state index contributed by atoms with van der Waals surface area (Å²) in [4.78, 5) is 39.9. The van der Waals surface area contributed by atoms with E-state index in [0.717, 1.165) is 89.9 Å². The number of likely N-dealkylation sites (N-methyl/N-ethyl adjacent to an activating group) is 1. The van der Waals surface area contributed by atoms with Gasteiger partial charge in [-0.2, -0.15) is 0 Å². The van der Waals surface area contributed by atoms with Crippen LogP contribution in [0.5, 0.6) is 0 Å². The summed E-state index contributed by atoms with van der Waals surface area (Å²) < 4.78 is 30.2. The molecule has 0 rings (SSSR count). The van der Waals surface area contributed by atoms with Crippen molar-refractivity contribution in [3.63, 3.8) is 0 Å². The summed E-state index contributed by atoms with van der Waals surface area (Å²) in [5, 5.41) is 3.00. The van der Waals surface area contributed by atoms with E-state index in [-0.39, 0.29) is 31.3 Å². The Morgan fingerprint density at radius 2 is 0.932 bits per heavy atom. The third-order valence-corrected chi connectivity index (χ3v) is 13.5. The number of amides is 1. The zero-order valence-corrected chi connectivity index (χ0v) is 48.7. The second-order valence-corrected chi connectivity index (χ2v) is 22.2. The van der Waals surface area contributed by atoms with E-state index in [0.29, 0.717) is 23.9 Å². The lowest BCUT2D eigenvalue weighted by molar-refractivity contribution is -0.870. The Balaban J connectivity index is 5.42. The monoisotopic (exact) mass is 1040 g/mol. The smallest absolute Gasteiger partial charge is 0.306 e. The highest BCUT2D eigenvalue weighted by molar-refractivity contribution is 7.45. The third-order valence-electron chi connectivity index (χ3n) is 12.6. The lowest BCUT2D eigenvalue weighted by atomic mass is 10.0. The van der Waals surface area contributed by atoms with Crippen molar-refractivity contribution in [1.29, 1.82) is 0 Å². The maximum Gasteiger partial charge on any atom is 0.306 e. The first-order valence-corrected chi connectivity index (χ1v) is 31.0. The second-order valence-electron chi connectivity index (χ2n) is 20.8. The first-order chi connectivity index (χ1) is 35.4. The van der Waals surface area contributed by atoms with Gasteiger partial charge in [-0.1, -0.05) is 227 Å². The molecular formula is C63H111N2O7P. The van der Waals surface area contributed by atoms with Crippen molar-refractivity contribution in [3.8, 4) is 0 Å². The molecule has 0 spiro atoms. The Bertz CT molecular complexity index is 1570. The Morgan fingerprint density at radius 1 is 0.507 bits per heavy atom. The molecule has 0 fully saturated rings. The molecule has 3 unspecified atom stereocenters. The third kappa shape index (κ3) is 53.6. The van der Waals surface area contributed by atoms with E-state index in [4.69, 9.17) is 13.8 Å². The fourth-order valence-corrected chi connectivity index (χ4v) is 8.70. The van der Waals surface area contributed by atoms with Crippen molar-refractivity contribution < 1.29 is 37.3 Å². The largest absolute Gasteiger partial charge is 0.756 e. The molecule has 0 aromatic rings. The quantitative estimate of drug-likeness (QED) is 0.0161. The highest BCUT2D eigenvalue weighted by Crippen LogP contribution is 2.38. The number of nitrogens with zero attached hydrogens (tertiary/aromatic N) is 1. The molecule has 9 nitrogen and oxygen atoms in total. The normalized spacial score (nSPS) is 14.5. The SMILES string of the molecule is CC/C=C/C=C/C=C/CCCCCCCCCC(=O)OC(/C=C\CCCCCCCCCCCCC)C(COP(=O)([O-])OCC[N+](C)(C)C)NC(=O)CCCCC/C=C\C/C=C\C/C=C\C/C=C\CCCCC. The molecular weight excluding hydrogens is 928 g/mol. The molecule has 3 atom stereocenters. The van der Waals surface area contributed by atoms with Gasteiger partial charge in [-0.3, -0.25) is 14.2 Å². The average molecular weight is 1040 g/mol. The van der Waals surface area contributed by atoms with Gasteiger partial charge in [0, 0.05) is 12.8 Å². The maximum atomic E-state index is 13.5. The Labute approximate surface area is 449 Å². The van der Waals surface area contributed by atoms with E-state index in [2.05, 4.69) is 111 Å². The van der Waals surface area contributed by atoms with Crippen LogP contribution in [0.25, 0.3) is 0 Å². The second kappa shape index (κ2) is 52.4. The molecule has 0 saturated carbocycles. The number of ether oxygens (including phenoxy) is 1. The highest BCUT2D eigenvalue weighted by Gasteiger charge is 2.27. The first-order valence-electron chi connectivity index (χ1n) is 29.6. The van der Waals surface area contributed by atoms with Gasteiger partial charge in [0.1, 0.15) is 19.3 Å². The zero-order chi connectivity index (χ0) is 53.6. The minimum atomic E-state index is -4.71. The van der Waals surface area contributed by atoms with Crippen molar-refractivity contribution in [2.75, 3.05) is 40.9 Å². The van der Waals surface area contributed by atoms with Gasteiger partial charge in [-0.05, 0) is 96.0 Å². The molecule has 420 valence electrons. The molecule has 10 heteroatoms. The minimum Gasteiger partial charge on any atom is -0.756 e. The first kappa shape index (κ1) is 69.9. The van der Waals surface area contributed by atoms with Crippen LogP contribution in [0.2, 0.25) is 0 Å². The van der Waals surface area contributed by atoms with Crippen molar-refractivity contribution >= 4 is 19.7 Å². The van der Waals surface area contributed by atoms with Crippen LogP contribution in [0, 0.1) is 0 Å². The predicted molar refractivity (Wildman–Crippen MR) is 311 cm³/mol. The zero-order valence-electron chi connectivity index (χ0n) is 47.8. The number of nitrogens with one attached hydrogen (secondary N) is 1. The maximum absolute atomic E-state index is 13.5. The summed E-state index contributed by atoms with van der Waals surface area (Å²) in [6.07, 6.45) is 69.4. The number of hydrogen-bond acceptors (Lipinski definition) is 7. The molecule has 0 bridgehead atoms. The molecule has 0 saturated heterocycles. The van der Waals surface area contributed by atoms with E-state index < -0.39 is 26.6 Å².